The second kappa shape index (κ2) is 12.8. The Morgan fingerprint density at radius 2 is 1.76 bits per heavy atom. The van der Waals surface area contributed by atoms with E-state index in [2.05, 4.69) is 19.2 Å². The van der Waals surface area contributed by atoms with Gasteiger partial charge in [-0.1, -0.05) is 26.7 Å². The molecule has 9 nitrogen and oxygen atoms in total. The molecule has 0 saturated carbocycles. The Hall–Kier alpha value is -1.72. The van der Waals surface area contributed by atoms with Crippen LogP contribution in [0.1, 0.15) is 39.5 Å². The maximum Gasteiger partial charge on any atom is 0.264 e. The minimum absolute atomic E-state index is 0.0244. The third-order valence-electron chi connectivity index (χ3n) is 4.46. The summed E-state index contributed by atoms with van der Waals surface area (Å²) in [4.78, 5) is 11.9. The lowest BCUT2D eigenvalue weighted by Crippen LogP contribution is -2.51. The standard InChI is InChI=1S/C19H33N3O6S/c1-15(2)20-12-6-4-5-7-13-22(18(14-23)19(24)21-25)29(26,27)17-10-8-16(28-3)9-11-17/h8-11,15,18,20,23,25H,4-7,12-14H2,1-3H3,(H,21,24)/t18-/m1/s1. The summed E-state index contributed by atoms with van der Waals surface area (Å²) in [6.07, 6.45) is 3.16. The highest BCUT2D eigenvalue weighted by atomic mass is 32.2. The van der Waals surface area contributed by atoms with Crippen molar-refractivity contribution in [2.24, 2.45) is 0 Å². The predicted molar refractivity (Wildman–Crippen MR) is 109 cm³/mol. The molecule has 166 valence electrons. The van der Waals surface area contributed by atoms with Crippen molar-refractivity contribution < 1.29 is 28.3 Å². The van der Waals surface area contributed by atoms with Gasteiger partial charge in [-0.25, -0.2) is 13.9 Å². The van der Waals surface area contributed by atoms with Gasteiger partial charge in [0.1, 0.15) is 11.8 Å². The second-order valence-electron chi connectivity index (χ2n) is 6.99. The normalized spacial score (nSPS) is 12.9. The number of hydrogen-bond acceptors (Lipinski definition) is 7. The number of aliphatic hydroxyl groups is 1. The van der Waals surface area contributed by atoms with E-state index < -0.39 is 28.6 Å². The van der Waals surface area contributed by atoms with Gasteiger partial charge >= 0.3 is 0 Å². The van der Waals surface area contributed by atoms with E-state index in [-0.39, 0.29) is 11.4 Å². The van der Waals surface area contributed by atoms with Crippen LogP contribution < -0.4 is 15.5 Å². The molecule has 1 aromatic rings. The van der Waals surface area contributed by atoms with E-state index in [1.807, 2.05) is 0 Å². The number of sulfonamides is 1. The highest BCUT2D eigenvalue weighted by Crippen LogP contribution is 2.22. The average molecular weight is 432 g/mol. The number of hydroxylamine groups is 1. The topological polar surface area (TPSA) is 128 Å². The number of carbonyl (C=O) groups excluding carboxylic acids is 1. The van der Waals surface area contributed by atoms with E-state index in [1.165, 1.54) is 36.9 Å². The predicted octanol–water partition coefficient (Wildman–Crippen LogP) is 1.11. The molecule has 0 saturated heterocycles. The molecule has 1 aromatic carbocycles. The smallest absolute Gasteiger partial charge is 0.264 e. The summed E-state index contributed by atoms with van der Waals surface area (Å²) in [5, 5.41) is 21.9. The Labute approximate surface area is 173 Å². The summed E-state index contributed by atoms with van der Waals surface area (Å²) in [6, 6.07) is 4.77. The van der Waals surface area contributed by atoms with Crippen LogP contribution in [0.4, 0.5) is 0 Å². The van der Waals surface area contributed by atoms with Gasteiger partial charge in [0.05, 0.1) is 18.6 Å². The summed E-state index contributed by atoms with van der Waals surface area (Å²) in [5.74, 6) is -0.483. The summed E-state index contributed by atoms with van der Waals surface area (Å²) < 4.78 is 32.2. The van der Waals surface area contributed by atoms with Gasteiger partial charge in [0.2, 0.25) is 10.0 Å². The van der Waals surface area contributed by atoms with E-state index in [9.17, 15) is 18.3 Å². The number of aliphatic hydroxyl groups excluding tert-OH is 1. The number of unbranched alkanes of at least 4 members (excludes halogenated alkanes) is 3. The lowest BCUT2D eigenvalue weighted by molar-refractivity contribution is -0.134. The molecule has 10 heteroatoms. The third-order valence-corrected chi connectivity index (χ3v) is 6.38. The van der Waals surface area contributed by atoms with E-state index in [1.54, 1.807) is 0 Å². The van der Waals surface area contributed by atoms with Crippen LogP contribution in [0.5, 0.6) is 5.75 Å². The molecule has 0 aliphatic heterocycles. The van der Waals surface area contributed by atoms with Crippen LogP contribution in [0.3, 0.4) is 0 Å². The molecule has 0 radical (unpaired) electrons. The second-order valence-corrected chi connectivity index (χ2v) is 8.88. The first-order valence-electron chi connectivity index (χ1n) is 9.72. The molecule has 1 atom stereocenters. The minimum Gasteiger partial charge on any atom is -0.497 e. The van der Waals surface area contributed by atoms with E-state index in [0.717, 1.165) is 30.1 Å². The summed E-state index contributed by atoms with van der Waals surface area (Å²) in [5.41, 5.74) is 1.43. The number of ether oxygens (including phenoxy) is 1. The van der Waals surface area contributed by atoms with Crippen molar-refractivity contribution >= 4 is 15.9 Å². The van der Waals surface area contributed by atoms with Gasteiger partial charge in [-0.05, 0) is 43.7 Å². The zero-order chi connectivity index (χ0) is 21.9. The van der Waals surface area contributed by atoms with Crippen LogP contribution >= 0.6 is 0 Å². The zero-order valence-corrected chi connectivity index (χ0v) is 18.1. The third kappa shape index (κ3) is 7.90. The van der Waals surface area contributed by atoms with Crippen LogP contribution in [0.15, 0.2) is 29.2 Å². The van der Waals surface area contributed by atoms with Crippen molar-refractivity contribution in [3.8, 4) is 5.75 Å². The molecular weight excluding hydrogens is 398 g/mol. The molecule has 0 fully saturated rings. The number of carbonyl (C=O) groups is 1. The minimum atomic E-state index is -4.07. The summed E-state index contributed by atoms with van der Waals surface area (Å²) >= 11 is 0. The van der Waals surface area contributed by atoms with Gasteiger partial charge in [0.15, 0.2) is 0 Å². The zero-order valence-electron chi connectivity index (χ0n) is 17.3. The fourth-order valence-electron chi connectivity index (χ4n) is 2.84. The first kappa shape index (κ1) is 25.3. The lowest BCUT2D eigenvalue weighted by Gasteiger charge is -2.28. The van der Waals surface area contributed by atoms with Crippen molar-refractivity contribution in [3.63, 3.8) is 0 Å². The SMILES string of the molecule is COc1ccc(S(=O)(=O)N(CCCCCCNC(C)C)[C@H](CO)C(=O)NO)cc1. The first-order valence-corrected chi connectivity index (χ1v) is 11.2. The van der Waals surface area contributed by atoms with Crippen LogP contribution in [0, 0.1) is 0 Å². The molecule has 1 rings (SSSR count). The number of nitrogens with zero attached hydrogens (tertiary/aromatic N) is 1. The molecule has 0 aliphatic rings. The van der Waals surface area contributed by atoms with Gasteiger partial charge in [-0.3, -0.25) is 10.0 Å². The average Bonchev–Trinajstić information content (AvgIpc) is 2.71. The van der Waals surface area contributed by atoms with Crippen molar-refractivity contribution in [2.75, 3.05) is 26.8 Å². The number of rotatable bonds is 14. The Morgan fingerprint density at radius 3 is 2.28 bits per heavy atom. The monoisotopic (exact) mass is 431 g/mol. The van der Waals surface area contributed by atoms with Crippen molar-refractivity contribution in [2.45, 2.75) is 56.5 Å². The molecule has 0 spiro atoms. The number of hydrogen-bond donors (Lipinski definition) is 4. The van der Waals surface area contributed by atoms with E-state index in [0.29, 0.717) is 18.2 Å². The molecule has 0 heterocycles. The molecule has 0 aromatic heterocycles. The largest absolute Gasteiger partial charge is 0.497 e. The van der Waals surface area contributed by atoms with Gasteiger partial charge in [-0.15, -0.1) is 0 Å². The van der Waals surface area contributed by atoms with E-state index in [4.69, 9.17) is 9.94 Å². The molecule has 29 heavy (non-hydrogen) atoms. The van der Waals surface area contributed by atoms with Crippen molar-refractivity contribution in [1.82, 2.24) is 15.1 Å². The van der Waals surface area contributed by atoms with Crippen LogP contribution in [-0.4, -0.2) is 67.8 Å². The van der Waals surface area contributed by atoms with Crippen LogP contribution in [0.2, 0.25) is 0 Å². The maximum atomic E-state index is 13.1. The molecule has 1 amide bonds. The molecule has 0 aliphatic carbocycles. The summed E-state index contributed by atoms with van der Waals surface area (Å²) in [7, 11) is -2.60. The van der Waals surface area contributed by atoms with Gasteiger partial charge < -0.3 is 15.2 Å². The Morgan fingerprint density at radius 1 is 1.14 bits per heavy atom. The number of benzene rings is 1. The number of amides is 1. The van der Waals surface area contributed by atoms with Crippen molar-refractivity contribution in [1.29, 1.82) is 0 Å². The highest BCUT2D eigenvalue weighted by molar-refractivity contribution is 7.89. The van der Waals surface area contributed by atoms with Gasteiger partial charge in [-0.2, -0.15) is 4.31 Å². The number of methoxy groups -OCH3 is 1. The molecule has 4 N–H and O–H groups in total. The van der Waals surface area contributed by atoms with Gasteiger partial charge in [0.25, 0.3) is 5.91 Å². The number of nitrogens with one attached hydrogen (secondary N) is 2. The van der Waals surface area contributed by atoms with Crippen LogP contribution in [-0.2, 0) is 14.8 Å². The van der Waals surface area contributed by atoms with Gasteiger partial charge in [0, 0.05) is 12.6 Å². The summed E-state index contributed by atoms with van der Waals surface area (Å²) in [6.45, 7) is 4.33. The highest BCUT2D eigenvalue weighted by Gasteiger charge is 2.35. The Kier molecular flexibility index (Phi) is 11.1. The fraction of sp³-hybridized carbons (Fsp3) is 0.632. The van der Waals surface area contributed by atoms with E-state index >= 15 is 0 Å². The van der Waals surface area contributed by atoms with Crippen molar-refractivity contribution in [3.05, 3.63) is 24.3 Å². The molecule has 0 bridgehead atoms. The fourth-order valence-corrected chi connectivity index (χ4v) is 4.46. The maximum absolute atomic E-state index is 13.1. The molecule has 0 unspecified atom stereocenters. The Balaban J connectivity index is 2.88. The first-order chi connectivity index (χ1) is 13.8. The van der Waals surface area contributed by atoms with Crippen LogP contribution in [0.25, 0.3) is 0 Å². The quantitative estimate of drug-likeness (QED) is 0.197. The Bertz CT molecular complexity index is 709. The lowest BCUT2D eigenvalue weighted by atomic mass is 10.2. The molecular formula is C19H33N3O6S.